The van der Waals surface area contributed by atoms with Crippen molar-refractivity contribution in [3.8, 4) is 0 Å². The SMILES string of the molecule is Ic1ccsc1/C=C/c1sccc1I. The van der Waals surface area contributed by atoms with E-state index >= 15 is 0 Å². The van der Waals surface area contributed by atoms with Crippen molar-refractivity contribution in [1.29, 1.82) is 0 Å². The molecule has 0 saturated carbocycles. The average molecular weight is 444 g/mol. The second kappa shape index (κ2) is 5.09. The van der Waals surface area contributed by atoms with E-state index in [0.29, 0.717) is 0 Å². The molecule has 2 aromatic rings. The fourth-order valence-electron chi connectivity index (χ4n) is 1.00. The molecular weight excluding hydrogens is 438 g/mol. The van der Waals surface area contributed by atoms with Crippen LogP contribution >= 0.6 is 67.9 Å². The minimum absolute atomic E-state index is 1.33. The molecule has 0 aliphatic rings. The molecule has 0 N–H and O–H groups in total. The van der Waals surface area contributed by atoms with Crippen LogP contribution < -0.4 is 0 Å². The van der Waals surface area contributed by atoms with Crippen molar-refractivity contribution >= 4 is 80.0 Å². The maximum atomic E-state index is 2.37. The van der Waals surface area contributed by atoms with Crippen LogP contribution in [0.2, 0.25) is 0 Å². The van der Waals surface area contributed by atoms with Crippen molar-refractivity contribution in [2.75, 3.05) is 0 Å². The van der Waals surface area contributed by atoms with Crippen LogP contribution in [0.1, 0.15) is 9.75 Å². The number of halogens is 2. The molecule has 0 aliphatic carbocycles. The van der Waals surface area contributed by atoms with E-state index in [1.54, 1.807) is 22.7 Å². The molecule has 2 heterocycles. The van der Waals surface area contributed by atoms with Gasteiger partial charge in [0.15, 0.2) is 0 Å². The van der Waals surface area contributed by atoms with Gasteiger partial charge in [-0.3, -0.25) is 0 Å². The lowest BCUT2D eigenvalue weighted by molar-refractivity contribution is 1.81. The first-order valence-electron chi connectivity index (χ1n) is 3.91. The third-order valence-corrected chi connectivity index (χ3v) is 6.05. The van der Waals surface area contributed by atoms with E-state index in [0.717, 1.165) is 0 Å². The molecule has 0 fully saturated rings. The molecule has 0 saturated heterocycles. The topological polar surface area (TPSA) is 0 Å². The first-order chi connectivity index (χ1) is 6.77. The van der Waals surface area contributed by atoms with Crippen LogP contribution in [-0.2, 0) is 0 Å². The molecular formula is C10H6I2S2. The summed E-state index contributed by atoms with van der Waals surface area (Å²) in [5, 5.41) is 4.25. The smallest absolute Gasteiger partial charge is 0.0404 e. The maximum Gasteiger partial charge on any atom is 0.0404 e. The molecule has 0 aromatic carbocycles. The van der Waals surface area contributed by atoms with Gasteiger partial charge in [-0.25, -0.2) is 0 Å². The lowest BCUT2D eigenvalue weighted by Gasteiger charge is -1.89. The zero-order valence-corrected chi connectivity index (χ0v) is 13.0. The molecule has 72 valence electrons. The van der Waals surface area contributed by atoms with Crippen molar-refractivity contribution in [3.05, 3.63) is 39.8 Å². The van der Waals surface area contributed by atoms with Gasteiger partial charge in [-0.15, -0.1) is 22.7 Å². The van der Waals surface area contributed by atoms with Crippen LogP contribution in [0.4, 0.5) is 0 Å². The van der Waals surface area contributed by atoms with Crippen LogP contribution in [0, 0.1) is 7.14 Å². The predicted octanol–water partition coefficient (Wildman–Crippen LogP) is 5.19. The summed E-state index contributed by atoms with van der Waals surface area (Å²) in [5.74, 6) is 0. The minimum atomic E-state index is 1.33. The van der Waals surface area contributed by atoms with Crippen molar-refractivity contribution in [3.63, 3.8) is 0 Å². The Morgan fingerprint density at radius 2 is 1.29 bits per heavy atom. The maximum absolute atomic E-state index is 2.37. The Balaban J connectivity index is 2.23. The number of thiophene rings is 2. The molecule has 2 aromatic heterocycles. The van der Waals surface area contributed by atoms with Crippen LogP contribution in [0.15, 0.2) is 22.9 Å². The molecule has 2 rings (SSSR count). The summed E-state index contributed by atoms with van der Waals surface area (Å²) in [6.45, 7) is 0. The van der Waals surface area contributed by atoms with E-state index in [1.807, 2.05) is 0 Å². The van der Waals surface area contributed by atoms with Crippen LogP contribution in [0.25, 0.3) is 12.2 Å². The number of rotatable bonds is 2. The first-order valence-corrected chi connectivity index (χ1v) is 7.83. The average Bonchev–Trinajstić information content (AvgIpc) is 2.72. The lowest BCUT2D eigenvalue weighted by atomic mass is 10.4. The monoisotopic (exact) mass is 444 g/mol. The molecule has 0 spiro atoms. The molecule has 14 heavy (non-hydrogen) atoms. The van der Waals surface area contributed by atoms with Gasteiger partial charge < -0.3 is 0 Å². The highest BCUT2D eigenvalue weighted by Crippen LogP contribution is 2.24. The van der Waals surface area contributed by atoms with Gasteiger partial charge in [0.05, 0.1) is 0 Å². The van der Waals surface area contributed by atoms with E-state index in [1.165, 1.54) is 16.9 Å². The van der Waals surface area contributed by atoms with Crippen molar-refractivity contribution in [2.24, 2.45) is 0 Å². The Kier molecular flexibility index (Phi) is 4.03. The van der Waals surface area contributed by atoms with E-state index < -0.39 is 0 Å². The molecule has 0 atom stereocenters. The molecule has 0 nitrogen and oxygen atoms in total. The quantitative estimate of drug-likeness (QED) is 0.560. The van der Waals surface area contributed by atoms with Crippen molar-refractivity contribution < 1.29 is 0 Å². The van der Waals surface area contributed by atoms with Gasteiger partial charge in [0, 0.05) is 16.9 Å². The largest absolute Gasteiger partial charge is 0.143 e. The van der Waals surface area contributed by atoms with E-state index in [4.69, 9.17) is 0 Å². The zero-order valence-electron chi connectivity index (χ0n) is 7.04. The predicted molar refractivity (Wildman–Crippen MR) is 83.0 cm³/mol. The fourth-order valence-corrected chi connectivity index (χ4v) is 4.33. The standard InChI is InChI=1S/C10H6I2S2/c11-7-3-5-13-9(7)1-2-10-8(12)4-6-14-10/h1-6H/b2-1+. The van der Waals surface area contributed by atoms with Gasteiger partial charge in [-0.1, -0.05) is 0 Å². The molecule has 0 unspecified atom stereocenters. The summed E-state index contributed by atoms with van der Waals surface area (Å²) >= 11 is 8.30. The van der Waals surface area contributed by atoms with Crippen LogP contribution in [0.5, 0.6) is 0 Å². The summed E-state index contributed by atoms with van der Waals surface area (Å²) in [5.41, 5.74) is 0. The highest BCUT2D eigenvalue weighted by Gasteiger charge is 1.98. The van der Waals surface area contributed by atoms with Crippen molar-refractivity contribution in [1.82, 2.24) is 0 Å². The highest BCUT2D eigenvalue weighted by atomic mass is 127. The Morgan fingerprint density at radius 1 is 0.857 bits per heavy atom. The second-order valence-corrected chi connectivity index (χ2v) is 6.82. The molecule has 0 aliphatic heterocycles. The Labute approximate surface area is 118 Å². The molecule has 0 amide bonds. The van der Waals surface area contributed by atoms with Gasteiger partial charge in [0.25, 0.3) is 0 Å². The zero-order chi connectivity index (χ0) is 9.97. The summed E-state index contributed by atoms with van der Waals surface area (Å²) in [7, 11) is 0. The third-order valence-electron chi connectivity index (χ3n) is 1.68. The minimum Gasteiger partial charge on any atom is -0.143 e. The molecule has 0 radical (unpaired) electrons. The second-order valence-electron chi connectivity index (χ2n) is 2.60. The van der Waals surface area contributed by atoms with Gasteiger partial charge >= 0.3 is 0 Å². The Hall–Kier alpha value is 0.600. The molecule has 4 heteroatoms. The summed E-state index contributed by atoms with van der Waals surface area (Å²) in [6.07, 6.45) is 4.39. The Bertz CT molecular complexity index is 412. The molecule has 0 bridgehead atoms. The first kappa shape index (κ1) is 11.1. The third kappa shape index (κ3) is 2.59. The highest BCUT2D eigenvalue weighted by molar-refractivity contribution is 14.1. The lowest BCUT2D eigenvalue weighted by Crippen LogP contribution is -1.68. The van der Waals surface area contributed by atoms with Crippen molar-refractivity contribution in [2.45, 2.75) is 0 Å². The van der Waals surface area contributed by atoms with Gasteiger partial charge in [-0.2, -0.15) is 0 Å². The van der Waals surface area contributed by atoms with Gasteiger partial charge in [0.1, 0.15) is 0 Å². The van der Waals surface area contributed by atoms with Crippen LogP contribution in [0.3, 0.4) is 0 Å². The van der Waals surface area contributed by atoms with E-state index in [-0.39, 0.29) is 0 Å². The summed E-state index contributed by atoms with van der Waals surface area (Å²) in [4.78, 5) is 2.68. The summed E-state index contributed by atoms with van der Waals surface area (Å²) < 4.78 is 2.66. The van der Waals surface area contributed by atoms with E-state index in [2.05, 4.69) is 80.2 Å². The number of hydrogen-bond donors (Lipinski definition) is 0. The van der Waals surface area contributed by atoms with Crippen LogP contribution in [-0.4, -0.2) is 0 Å². The fraction of sp³-hybridized carbons (Fsp3) is 0. The van der Waals surface area contributed by atoms with Gasteiger partial charge in [-0.05, 0) is 80.2 Å². The summed E-state index contributed by atoms with van der Waals surface area (Å²) in [6, 6.07) is 4.29. The number of hydrogen-bond acceptors (Lipinski definition) is 2. The normalized spacial score (nSPS) is 11.3. The Morgan fingerprint density at radius 3 is 1.57 bits per heavy atom. The van der Waals surface area contributed by atoms with E-state index in [9.17, 15) is 0 Å². The van der Waals surface area contributed by atoms with Gasteiger partial charge in [0.2, 0.25) is 0 Å².